The molecule has 2 aliphatic rings. The van der Waals surface area contributed by atoms with Crippen LogP contribution in [-0.2, 0) is 0 Å². The fraction of sp³-hybridized carbons (Fsp3) is 0.412. The summed E-state index contributed by atoms with van der Waals surface area (Å²) in [4.78, 5) is 25.6. The van der Waals surface area contributed by atoms with E-state index >= 15 is 4.39 Å². The normalized spacial score (nSPS) is 21.8. The number of aromatic carboxylic acids is 1. The van der Waals surface area contributed by atoms with E-state index in [-0.39, 0.29) is 33.0 Å². The van der Waals surface area contributed by atoms with Crippen LogP contribution >= 0.6 is 11.8 Å². The van der Waals surface area contributed by atoms with Crippen molar-refractivity contribution in [2.45, 2.75) is 29.8 Å². The lowest BCUT2D eigenvalue weighted by molar-refractivity contribution is 0.0689. The molecular weight excluding hydrogens is 364 g/mol. The zero-order valence-corrected chi connectivity index (χ0v) is 15.0. The summed E-state index contributed by atoms with van der Waals surface area (Å²) in [5.41, 5.74) is -1.46. The molecule has 2 N–H and O–H groups in total. The number of rotatable bonds is 3. The number of fused-ring (bicyclic) bond motifs is 3. The van der Waals surface area contributed by atoms with E-state index in [2.05, 4.69) is 5.32 Å². The third-order valence-corrected chi connectivity index (χ3v) is 6.26. The minimum absolute atomic E-state index is 0.0226. The van der Waals surface area contributed by atoms with E-state index in [9.17, 15) is 19.1 Å². The second-order valence-corrected chi connectivity index (χ2v) is 7.84. The van der Waals surface area contributed by atoms with E-state index < -0.39 is 28.6 Å². The lowest BCUT2D eigenvalue weighted by Crippen LogP contribution is -2.32. The summed E-state index contributed by atoms with van der Waals surface area (Å²) in [6, 6.07) is 1.11. The second kappa shape index (κ2) is 5.95. The Labute approximate surface area is 151 Å². The molecule has 2 aliphatic heterocycles. The van der Waals surface area contributed by atoms with Crippen LogP contribution in [0.25, 0.3) is 10.9 Å². The predicted octanol–water partition coefficient (Wildman–Crippen LogP) is 2.40. The molecular formula is C17H17F2N3O3S. The maximum absolute atomic E-state index is 15.4. The van der Waals surface area contributed by atoms with Crippen molar-refractivity contribution in [3.8, 4) is 0 Å². The predicted molar refractivity (Wildman–Crippen MR) is 95.3 cm³/mol. The first-order valence-electron chi connectivity index (χ1n) is 8.27. The smallest absolute Gasteiger partial charge is 0.342 e. The number of benzene rings is 1. The third-order valence-electron chi connectivity index (χ3n) is 5.09. The number of halogens is 2. The molecule has 0 amide bonds. The van der Waals surface area contributed by atoms with Crippen LogP contribution in [0.3, 0.4) is 0 Å². The summed E-state index contributed by atoms with van der Waals surface area (Å²) in [7, 11) is 1.80. The Morgan fingerprint density at radius 3 is 2.73 bits per heavy atom. The average molecular weight is 381 g/mol. The van der Waals surface area contributed by atoms with Crippen molar-refractivity contribution in [3.63, 3.8) is 0 Å². The quantitative estimate of drug-likeness (QED) is 0.851. The standard InChI is InChI=1S/C17H17F2N3O3S/c1-7-22-13-9(15(23)11(17(24)25)16(22)26-7)5-10(18)14(12(13)19)21-4-3-8(6-21)20-2/h5,7-8,20H,3-4,6H2,1-2H3,(H,24,25)/t7?,8-/m0/s1. The maximum atomic E-state index is 15.4. The number of pyridine rings is 1. The van der Waals surface area contributed by atoms with E-state index in [4.69, 9.17) is 0 Å². The molecule has 0 radical (unpaired) electrons. The van der Waals surface area contributed by atoms with Gasteiger partial charge in [0.15, 0.2) is 5.82 Å². The summed E-state index contributed by atoms with van der Waals surface area (Å²) < 4.78 is 31.6. The van der Waals surface area contributed by atoms with Crippen molar-refractivity contribution in [2.75, 3.05) is 25.0 Å². The maximum Gasteiger partial charge on any atom is 0.342 e. The molecule has 0 aliphatic carbocycles. The van der Waals surface area contributed by atoms with Crippen molar-refractivity contribution >= 4 is 34.3 Å². The van der Waals surface area contributed by atoms with Crippen LogP contribution in [0, 0.1) is 11.6 Å². The first kappa shape index (κ1) is 17.3. The largest absolute Gasteiger partial charge is 0.477 e. The number of hydrogen-bond donors (Lipinski definition) is 2. The van der Waals surface area contributed by atoms with Crippen LogP contribution in [0.5, 0.6) is 0 Å². The highest BCUT2D eigenvalue weighted by Gasteiger charge is 2.36. The zero-order chi connectivity index (χ0) is 18.7. The molecule has 6 nitrogen and oxygen atoms in total. The van der Waals surface area contributed by atoms with Gasteiger partial charge < -0.3 is 19.9 Å². The van der Waals surface area contributed by atoms with Gasteiger partial charge in [0, 0.05) is 19.1 Å². The van der Waals surface area contributed by atoms with E-state index in [1.165, 1.54) is 16.3 Å². The number of carbonyl (C=O) groups is 1. The van der Waals surface area contributed by atoms with Gasteiger partial charge in [0.1, 0.15) is 17.1 Å². The minimum Gasteiger partial charge on any atom is -0.477 e. The molecule has 1 aromatic heterocycles. The van der Waals surface area contributed by atoms with Gasteiger partial charge in [-0.3, -0.25) is 4.79 Å². The first-order valence-corrected chi connectivity index (χ1v) is 9.15. The molecule has 26 heavy (non-hydrogen) atoms. The van der Waals surface area contributed by atoms with Crippen LogP contribution in [-0.4, -0.2) is 41.8 Å². The molecule has 138 valence electrons. The fourth-order valence-electron chi connectivity index (χ4n) is 3.77. The molecule has 0 bridgehead atoms. The number of anilines is 1. The van der Waals surface area contributed by atoms with E-state index in [1.807, 2.05) is 0 Å². The van der Waals surface area contributed by atoms with Crippen molar-refractivity contribution in [1.82, 2.24) is 9.88 Å². The summed E-state index contributed by atoms with van der Waals surface area (Å²) in [5, 5.41) is 12.2. The van der Waals surface area contributed by atoms with Crippen LogP contribution in [0.4, 0.5) is 14.5 Å². The topological polar surface area (TPSA) is 74.6 Å². The number of carboxylic acid groups (broad SMARTS) is 1. The number of nitrogens with one attached hydrogen (secondary N) is 1. The molecule has 0 spiro atoms. The monoisotopic (exact) mass is 381 g/mol. The van der Waals surface area contributed by atoms with E-state index in [0.717, 1.165) is 12.5 Å². The van der Waals surface area contributed by atoms with Gasteiger partial charge in [0.25, 0.3) is 0 Å². The number of aromatic nitrogens is 1. The highest BCUT2D eigenvalue weighted by atomic mass is 32.2. The Bertz CT molecular complexity index is 1010. The fourth-order valence-corrected chi connectivity index (χ4v) is 4.91. The lowest BCUT2D eigenvalue weighted by atomic mass is 10.1. The molecule has 2 aromatic rings. The van der Waals surface area contributed by atoms with Crippen molar-refractivity contribution in [1.29, 1.82) is 0 Å². The van der Waals surface area contributed by atoms with Gasteiger partial charge in [0.05, 0.1) is 21.3 Å². The van der Waals surface area contributed by atoms with Gasteiger partial charge in [-0.15, -0.1) is 0 Å². The van der Waals surface area contributed by atoms with Gasteiger partial charge in [-0.2, -0.15) is 0 Å². The molecule has 0 saturated carbocycles. The molecule has 4 rings (SSSR count). The number of thioether (sulfide) groups is 1. The van der Waals surface area contributed by atoms with Crippen molar-refractivity contribution in [2.24, 2.45) is 0 Å². The van der Waals surface area contributed by atoms with Crippen molar-refractivity contribution < 1.29 is 18.7 Å². The van der Waals surface area contributed by atoms with Crippen LogP contribution in [0.1, 0.15) is 29.1 Å². The van der Waals surface area contributed by atoms with Gasteiger partial charge in [-0.1, -0.05) is 11.8 Å². The van der Waals surface area contributed by atoms with Gasteiger partial charge in [-0.05, 0) is 26.5 Å². The van der Waals surface area contributed by atoms with Crippen LogP contribution < -0.4 is 15.6 Å². The third kappa shape index (κ3) is 2.26. The minimum atomic E-state index is -1.39. The SMILES string of the molecule is CN[C@H]1CCN(c2c(F)cc3c(=O)c(C(=O)O)c4n(c3c2F)C(C)S4)C1. The molecule has 1 fully saturated rings. The summed E-state index contributed by atoms with van der Waals surface area (Å²) >= 11 is 1.19. The summed E-state index contributed by atoms with van der Waals surface area (Å²) in [5.74, 6) is -3.04. The van der Waals surface area contributed by atoms with Crippen molar-refractivity contribution in [3.05, 3.63) is 33.5 Å². The number of likely N-dealkylation sites (N-methyl/N-ethyl adjacent to an activating group) is 1. The zero-order valence-electron chi connectivity index (χ0n) is 14.2. The summed E-state index contributed by atoms with van der Waals surface area (Å²) in [6.07, 6.45) is 0.760. The molecule has 1 saturated heterocycles. The van der Waals surface area contributed by atoms with Gasteiger partial charge in [-0.25, -0.2) is 13.6 Å². The van der Waals surface area contributed by atoms with Crippen LogP contribution in [0.2, 0.25) is 0 Å². The highest BCUT2D eigenvalue weighted by Crippen LogP contribution is 2.47. The molecule has 1 unspecified atom stereocenters. The Morgan fingerprint density at radius 2 is 2.15 bits per heavy atom. The Morgan fingerprint density at radius 1 is 1.42 bits per heavy atom. The number of hydrogen-bond acceptors (Lipinski definition) is 5. The van der Waals surface area contributed by atoms with Crippen LogP contribution in [0.15, 0.2) is 15.9 Å². The van der Waals surface area contributed by atoms with Gasteiger partial charge >= 0.3 is 5.97 Å². The molecule has 3 heterocycles. The van der Waals surface area contributed by atoms with E-state index in [1.54, 1.807) is 18.9 Å². The molecule has 9 heteroatoms. The number of nitrogens with zero attached hydrogens (tertiary/aromatic N) is 2. The summed E-state index contributed by atoms with van der Waals surface area (Å²) in [6.45, 7) is 2.74. The number of carboxylic acids is 1. The Balaban J connectivity index is 2.01. The Hall–Kier alpha value is -2.13. The molecule has 1 aromatic carbocycles. The van der Waals surface area contributed by atoms with Gasteiger partial charge in [0.2, 0.25) is 5.43 Å². The molecule has 2 atom stereocenters. The first-order chi connectivity index (χ1) is 12.3. The van der Waals surface area contributed by atoms with E-state index in [0.29, 0.717) is 13.1 Å². The highest BCUT2D eigenvalue weighted by molar-refractivity contribution is 8.00. The second-order valence-electron chi connectivity index (χ2n) is 6.54. The average Bonchev–Trinajstić information content (AvgIpc) is 3.04. The Kier molecular flexibility index (Phi) is 3.96. The lowest BCUT2D eigenvalue weighted by Gasteiger charge is -2.33.